The van der Waals surface area contributed by atoms with E-state index in [9.17, 15) is 0 Å². The maximum Gasteiger partial charge on any atom is 0.0636 e. The molecule has 0 heteroatoms. The monoisotopic (exact) mass is 515 g/mol. The average molecular weight is 516 g/mol. The summed E-state index contributed by atoms with van der Waals surface area (Å²) in [5.41, 5.74) is 4.17. The minimum absolute atomic E-state index is 0.0380. The first-order valence-corrected chi connectivity index (χ1v) is 13.1. The lowest BCUT2D eigenvalue weighted by atomic mass is 9.85. The van der Waals surface area contributed by atoms with Crippen molar-refractivity contribution >= 4 is 43.1 Å². The van der Waals surface area contributed by atoms with E-state index in [0.717, 1.165) is 38.2 Å². The fourth-order valence-corrected chi connectivity index (χ4v) is 5.79. The lowest BCUT2D eigenvalue weighted by Gasteiger charge is -2.18. The van der Waals surface area contributed by atoms with E-state index >= 15 is 0 Å². The molecule has 8 rings (SSSR count). The van der Waals surface area contributed by atoms with Crippen molar-refractivity contribution in [2.45, 2.75) is 0 Å². The molecule has 0 saturated heterocycles. The fraction of sp³-hybridized carbons (Fsp3) is 0. The predicted molar refractivity (Wildman–Crippen MR) is 173 cm³/mol. The first-order chi connectivity index (χ1) is 23.6. The van der Waals surface area contributed by atoms with Crippen LogP contribution in [-0.2, 0) is 0 Å². The van der Waals surface area contributed by atoms with Gasteiger partial charge >= 0.3 is 0 Å². The van der Waals surface area contributed by atoms with Crippen LogP contribution >= 0.6 is 0 Å². The molecule has 0 radical (unpaired) electrons. The van der Waals surface area contributed by atoms with Gasteiger partial charge in [-0.3, -0.25) is 0 Å². The summed E-state index contributed by atoms with van der Waals surface area (Å²) in [4.78, 5) is 0. The summed E-state index contributed by atoms with van der Waals surface area (Å²) in [7, 11) is 0. The number of rotatable bonds is 3. The molecular formula is C40H26. The normalized spacial score (nSPS) is 14.7. The lowest BCUT2D eigenvalue weighted by Crippen LogP contribution is -1.91. The van der Waals surface area contributed by atoms with Crippen LogP contribution in [0, 0.1) is 0 Å². The standard InChI is InChI=1S/C40H26/c1-4-14-32-27(11-1)21-22-30-26-31(23-24-34(30)32)33-15-7-8-18-37(33)38-19-9-10-20-39(38)40-35-16-5-2-12-28(35)25-29-13-3-6-17-36(29)40/h1-26H/i2D,3D,5D,6D,12D,13D,16D,17D,25D. The number of benzene rings is 8. The van der Waals surface area contributed by atoms with Gasteiger partial charge in [0.25, 0.3) is 0 Å². The quantitative estimate of drug-likeness (QED) is 0.162. The first kappa shape index (κ1) is 15.4. The van der Waals surface area contributed by atoms with E-state index in [1.54, 1.807) is 12.1 Å². The van der Waals surface area contributed by atoms with Crippen molar-refractivity contribution in [3.8, 4) is 33.4 Å². The van der Waals surface area contributed by atoms with Gasteiger partial charge < -0.3 is 0 Å². The molecule has 0 nitrogen and oxygen atoms in total. The molecular weight excluding hydrogens is 480 g/mol. The summed E-state index contributed by atoms with van der Waals surface area (Å²) in [6.45, 7) is 0. The summed E-state index contributed by atoms with van der Waals surface area (Å²) >= 11 is 0. The van der Waals surface area contributed by atoms with Crippen LogP contribution in [0.2, 0.25) is 0 Å². The van der Waals surface area contributed by atoms with Crippen molar-refractivity contribution in [1.29, 1.82) is 0 Å². The Morgan fingerprint density at radius 2 is 0.925 bits per heavy atom. The molecule has 0 unspecified atom stereocenters. The predicted octanol–water partition coefficient (Wildman–Crippen LogP) is 11.3. The van der Waals surface area contributed by atoms with Gasteiger partial charge in [-0.25, -0.2) is 0 Å². The van der Waals surface area contributed by atoms with Gasteiger partial charge in [-0.05, 0) is 88.6 Å². The molecule has 186 valence electrons. The molecule has 0 N–H and O–H groups in total. The average Bonchev–Trinajstić information content (AvgIpc) is 3.13. The van der Waals surface area contributed by atoms with Crippen molar-refractivity contribution in [2.24, 2.45) is 0 Å². The molecule has 0 heterocycles. The highest BCUT2D eigenvalue weighted by Gasteiger charge is 2.16. The van der Waals surface area contributed by atoms with Crippen LogP contribution < -0.4 is 0 Å². The Morgan fingerprint density at radius 1 is 0.375 bits per heavy atom. The van der Waals surface area contributed by atoms with Crippen molar-refractivity contribution in [1.82, 2.24) is 0 Å². The maximum atomic E-state index is 9.09. The summed E-state index contributed by atoms with van der Waals surface area (Å²) in [5, 5.41) is 4.42. The van der Waals surface area contributed by atoms with Gasteiger partial charge in [0.1, 0.15) is 0 Å². The lowest BCUT2D eigenvalue weighted by molar-refractivity contribution is 1.59. The van der Waals surface area contributed by atoms with E-state index in [1.165, 1.54) is 0 Å². The maximum absolute atomic E-state index is 9.09. The third kappa shape index (κ3) is 3.61. The molecule has 8 aromatic carbocycles. The topological polar surface area (TPSA) is 0 Å². The molecule has 0 aliphatic carbocycles. The summed E-state index contributed by atoms with van der Waals surface area (Å²) in [6.07, 6.45) is 0. The van der Waals surface area contributed by atoms with Gasteiger partial charge in [0.05, 0.1) is 12.3 Å². The van der Waals surface area contributed by atoms with Crippen LogP contribution in [0.4, 0.5) is 0 Å². The zero-order valence-electron chi connectivity index (χ0n) is 30.3. The zero-order valence-corrected chi connectivity index (χ0v) is 21.3. The molecule has 0 saturated carbocycles. The van der Waals surface area contributed by atoms with Crippen molar-refractivity contribution in [3.05, 3.63) is 158 Å². The van der Waals surface area contributed by atoms with Crippen LogP contribution in [0.25, 0.3) is 76.5 Å². The zero-order chi connectivity index (χ0) is 34.3. The van der Waals surface area contributed by atoms with E-state index in [4.69, 9.17) is 12.3 Å². The third-order valence-corrected chi connectivity index (χ3v) is 7.59. The van der Waals surface area contributed by atoms with Gasteiger partial charge in [0.2, 0.25) is 0 Å². The number of hydrogen-bond donors (Lipinski definition) is 0. The smallest absolute Gasteiger partial charge is 0.0616 e. The van der Waals surface area contributed by atoms with E-state index in [1.807, 2.05) is 48.5 Å². The molecule has 0 aliphatic heterocycles. The van der Waals surface area contributed by atoms with Crippen LogP contribution in [0.15, 0.2) is 158 Å². The van der Waals surface area contributed by atoms with Crippen LogP contribution in [0.3, 0.4) is 0 Å². The summed E-state index contributed by atoms with van der Waals surface area (Å²) in [6, 6.07) is 30.1. The van der Waals surface area contributed by atoms with E-state index in [0.29, 0.717) is 11.1 Å². The van der Waals surface area contributed by atoms with Crippen molar-refractivity contribution in [2.75, 3.05) is 0 Å². The molecule has 0 aliphatic rings. The molecule has 40 heavy (non-hydrogen) atoms. The Morgan fingerprint density at radius 3 is 1.68 bits per heavy atom. The molecule has 0 atom stereocenters. The Bertz CT molecular complexity index is 2630. The van der Waals surface area contributed by atoms with Gasteiger partial charge in [-0.15, -0.1) is 0 Å². The second kappa shape index (κ2) is 9.22. The van der Waals surface area contributed by atoms with Crippen molar-refractivity contribution in [3.63, 3.8) is 0 Å². The minimum Gasteiger partial charge on any atom is -0.0616 e. The highest BCUT2D eigenvalue weighted by molar-refractivity contribution is 6.15. The van der Waals surface area contributed by atoms with Gasteiger partial charge in [0.15, 0.2) is 0 Å². The van der Waals surface area contributed by atoms with Crippen LogP contribution in [0.1, 0.15) is 12.3 Å². The van der Waals surface area contributed by atoms with Gasteiger partial charge in [0, 0.05) is 0 Å². The van der Waals surface area contributed by atoms with E-state index in [2.05, 4.69) is 42.5 Å². The first-order valence-electron chi connectivity index (χ1n) is 17.6. The Kier molecular flexibility index (Phi) is 3.55. The van der Waals surface area contributed by atoms with Gasteiger partial charge in [-0.1, -0.05) is 145 Å². The third-order valence-electron chi connectivity index (χ3n) is 7.59. The molecule has 0 amide bonds. The second-order valence-electron chi connectivity index (χ2n) is 9.81. The van der Waals surface area contributed by atoms with Crippen LogP contribution in [0.5, 0.6) is 0 Å². The fourth-order valence-electron chi connectivity index (χ4n) is 5.79. The largest absolute Gasteiger partial charge is 0.0636 e. The van der Waals surface area contributed by atoms with E-state index in [-0.39, 0.29) is 45.2 Å². The Labute approximate surface area is 246 Å². The molecule has 8 aromatic rings. The van der Waals surface area contributed by atoms with Crippen LogP contribution in [-0.4, -0.2) is 0 Å². The summed E-state index contributed by atoms with van der Waals surface area (Å²) in [5.74, 6) is 0. The second-order valence-corrected chi connectivity index (χ2v) is 9.81. The Hall–Kier alpha value is -5.20. The Balaban J connectivity index is 1.49. The van der Waals surface area contributed by atoms with E-state index < -0.39 is 36.3 Å². The minimum atomic E-state index is -0.514. The van der Waals surface area contributed by atoms with Crippen molar-refractivity contribution < 1.29 is 12.3 Å². The molecule has 0 aromatic heterocycles. The molecule has 0 spiro atoms. The van der Waals surface area contributed by atoms with Gasteiger partial charge in [-0.2, -0.15) is 0 Å². The number of hydrogen-bond acceptors (Lipinski definition) is 0. The molecule has 0 fully saturated rings. The number of fused-ring (bicyclic) bond motifs is 5. The highest BCUT2D eigenvalue weighted by Crippen LogP contribution is 2.43. The summed E-state index contributed by atoms with van der Waals surface area (Å²) < 4.78 is 78.6. The SMILES string of the molecule is [2H]c1c([2H])c([2H])c2c(-c3ccccc3-c3ccccc3-c3ccc4c(ccc5ccccc54)c3)c3c([2H])c([2H])c([2H])c([2H])c3c([2H])c2c1[2H]. The molecule has 0 bridgehead atoms. The highest BCUT2D eigenvalue weighted by atomic mass is 14.2.